The van der Waals surface area contributed by atoms with Crippen molar-refractivity contribution < 1.29 is 18.7 Å². The van der Waals surface area contributed by atoms with E-state index in [9.17, 15) is 14.0 Å². The van der Waals surface area contributed by atoms with E-state index in [0.29, 0.717) is 20.8 Å². The first-order valence-electron chi connectivity index (χ1n) is 9.61. The van der Waals surface area contributed by atoms with Crippen LogP contribution in [0.1, 0.15) is 15.9 Å². The molecule has 0 bridgehead atoms. The summed E-state index contributed by atoms with van der Waals surface area (Å²) in [6, 6.07) is 17.7. The summed E-state index contributed by atoms with van der Waals surface area (Å²) in [5.41, 5.74) is 2.17. The Kier molecular flexibility index (Phi) is 4.91. The second-order valence-corrected chi connectivity index (χ2v) is 7.95. The van der Waals surface area contributed by atoms with Gasteiger partial charge in [-0.1, -0.05) is 35.6 Å². The zero-order valence-electron chi connectivity index (χ0n) is 16.7. The number of rotatable bonds is 4. The van der Waals surface area contributed by atoms with E-state index in [4.69, 9.17) is 9.47 Å². The molecule has 5 aromatic rings. The lowest BCUT2D eigenvalue weighted by Crippen LogP contribution is -2.22. The molecule has 5 rings (SSSR count). The third-order valence-corrected chi connectivity index (χ3v) is 5.86. The highest BCUT2D eigenvalue weighted by Gasteiger charge is 2.14. The minimum absolute atomic E-state index is 0.0906. The van der Waals surface area contributed by atoms with E-state index >= 15 is 0 Å². The van der Waals surface area contributed by atoms with Crippen LogP contribution >= 0.6 is 11.3 Å². The fraction of sp³-hybridized carbons (Fsp3) is 0.0417. The van der Waals surface area contributed by atoms with E-state index in [1.165, 1.54) is 36.6 Å². The van der Waals surface area contributed by atoms with Gasteiger partial charge in [0.1, 0.15) is 5.82 Å². The number of benzene rings is 3. The molecule has 0 radical (unpaired) electrons. The van der Waals surface area contributed by atoms with E-state index in [2.05, 4.69) is 4.98 Å². The van der Waals surface area contributed by atoms with Crippen molar-refractivity contribution in [3.8, 4) is 11.5 Å². The number of nitrogens with zero attached hydrogens (tertiary/aromatic N) is 2. The Hall–Kier alpha value is -4.04. The number of para-hydroxylation sites is 2. The molecule has 0 atom stereocenters. The fourth-order valence-corrected chi connectivity index (χ4v) is 4.38. The second kappa shape index (κ2) is 7.90. The number of carbonyl (C=O) groups excluding carboxylic acids is 1. The maximum absolute atomic E-state index is 13.4. The summed E-state index contributed by atoms with van der Waals surface area (Å²) < 4.78 is 26.2. The number of thiazole rings is 1. The molecule has 6 nitrogen and oxygen atoms in total. The summed E-state index contributed by atoms with van der Waals surface area (Å²) in [5, 5.41) is 0. The monoisotopic (exact) mass is 446 g/mol. The molecule has 0 aliphatic carbocycles. The molecule has 0 aliphatic heterocycles. The van der Waals surface area contributed by atoms with Crippen molar-refractivity contribution in [1.29, 1.82) is 0 Å². The van der Waals surface area contributed by atoms with E-state index < -0.39 is 11.8 Å². The number of ether oxygens (including phenoxy) is 2. The van der Waals surface area contributed by atoms with Gasteiger partial charge in [-0.2, -0.15) is 0 Å². The lowest BCUT2D eigenvalue weighted by atomic mass is 10.2. The van der Waals surface area contributed by atoms with Crippen LogP contribution in [-0.2, 0) is 0 Å². The molecule has 0 fully saturated rings. The van der Waals surface area contributed by atoms with Crippen molar-refractivity contribution in [1.82, 2.24) is 9.38 Å². The van der Waals surface area contributed by atoms with E-state index in [-0.39, 0.29) is 16.9 Å². The number of esters is 1. The van der Waals surface area contributed by atoms with Crippen LogP contribution in [0.15, 0.2) is 71.5 Å². The number of imidazole rings is 1. The zero-order valence-corrected chi connectivity index (χ0v) is 17.6. The number of hydrogen-bond donors (Lipinski definition) is 0. The number of hydrogen-bond acceptors (Lipinski definition) is 6. The van der Waals surface area contributed by atoms with E-state index in [1.54, 1.807) is 28.7 Å². The summed E-state index contributed by atoms with van der Waals surface area (Å²) >= 11 is 1.29. The highest BCUT2D eigenvalue weighted by atomic mass is 32.1. The third kappa shape index (κ3) is 3.50. The molecule has 32 heavy (non-hydrogen) atoms. The second-order valence-electron chi connectivity index (χ2n) is 6.94. The van der Waals surface area contributed by atoms with Crippen LogP contribution < -0.4 is 19.6 Å². The molecule has 8 heteroatoms. The predicted molar refractivity (Wildman–Crippen MR) is 120 cm³/mol. The summed E-state index contributed by atoms with van der Waals surface area (Å²) in [6.07, 6.45) is 1.73. The Labute approximate surface area is 184 Å². The molecule has 0 saturated heterocycles. The van der Waals surface area contributed by atoms with Crippen LogP contribution in [0, 0.1) is 5.82 Å². The van der Waals surface area contributed by atoms with Gasteiger partial charge in [-0.15, -0.1) is 0 Å². The van der Waals surface area contributed by atoms with Crippen LogP contribution in [0.5, 0.6) is 11.5 Å². The van der Waals surface area contributed by atoms with Crippen molar-refractivity contribution in [3.05, 3.63) is 98.6 Å². The molecule has 2 aromatic heterocycles. The molecular formula is C24H15FN2O4S. The summed E-state index contributed by atoms with van der Waals surface area (Å²) in [4.78, 5) is 30.4. The van der Waals surface area contributed by atoms with Crippen molar-refractivity contribution in [3.63, 3.8) is 0 Å². The van der Waals surface area contributed by atoms with Crippen LogP contribution in [-0.4, -0.2) is 22.5 Å². The summed E-state index contributed by atoms with van der Waals surface area (Å²) in [7, 11) is 1.45. The zero-order chi connectivity index (χ0) is 22.2. The molecule has 0 unspecified atom stereocenters. The van der Waals surface area contributed by atoms with Crippen LogP contribution in [0.3, 0.4) is 0 Å². The normalized spacial score (nSPS) is 11.9. The Balaban J connectivity index is 1.50. The average Bonchev–Trinajstić information content (AvgIpc) is 3.30. The molecule has 0 aliphatic rings. The van der Waals surface area contributed by atoms with Gasteiger partial charge in [0.25, 0.3) is 5.56 Å². The maximum atomic E-state index is 13.4. The van der Waals surface area contributed by atoms with Gasteiger partial charge in [-0.05, 0) is 54.1 Å². The average molecular weight is 446 g/mol. The number of aromatic nitrogens is 2. The van der Waals surface area contributed by atoms with Crippen molar-refractivity contribution in [2.45, 2.75) is 0 Å². The summed E-state index contributed by atoms with van der Waals surface area (Å²) in [6.45, 7) is 0. The molecule has 0 saturated carbocycles. The standard InChI is InChI=1S/C24H15FN2O4S/c1-30-20-11-14(9-10-19(20)31-23(29)15-5-4-6-16(25)13-15)12-21-22(28)27-18-8-3-2-7-17(18)26-24(27)32-21/h2-13H,1H3/b21-12-. The van der Waals surface area contributed by atoms with Gasteiger partial charge in [-0.3, -0.25) is 4.79 Å². The van der Waals surface area contributed by atoms with Gasteiger partial charge >= 0.3 is 5.97 Å². The molecule has 0 amide bonds. The van der Waals surface area contributed by atoms with Crippen molar-refractivity contribution in [2.24, 2.45) is 0 Å². The van der Waals surface area contributed by atoms with Crippen LogP contribution in [0.2, 0.25) is 0 Å². The minimum Gasteiger partial charge on any atom is -0.493 e. The van der Waals surface area contributed by atoms with Gasteiger partial charge in [-0.25, -0.2) is 18.6 Å². The highest BCUT2D eigenvalue weighted by molar-refractivity contribution is 7.15. The summed E-state index contributed by atoms with van der Waals surface area (Å²) in [5.74, 6) is -0.733. The van der Waals surface area contributed by atoms with Crippen LogP contribution in [0.4, 0.5) is 4.39 Å². The molecule has 0 N–H and O–H groups in total. The first-order valence-corrected chi connectivity index (χ1v) is 10.4. The van der Waals surface area contributed by atoms with Gasteiger partial charge in [0.15, 0.2) is 16.5 Å². The first kappa shape index (κ1) is 19.9. The highest BCUT2D eigenvalue weighted by Crippen LogP contribution is 2.29. The minimum atomic E-state index is -0.701. The maximum Gasteiger partial charge on any atom is 0.343 e. The quantitative estimate of drug-likeness (QED) is 0.310. The smallest absolute Gasteiger partial charge is 0.343 e. The van der Waals surface area contributed by atoms with E-state index in [0.717, 1.165) is 17.1 Å². The van der Waals surface area contributed by atoms with Gasteiger partial charge in [0, 0.05) is 0 Å². The van der Waals surface area contributed by atoms with Gasteiger partial charge < -0.3 is 9.47 Å². The van der Waals surface area contributed by atoms with Crippen molar-refractivity contribution >= 4 is 39.4 Å². The van der Waals surface area contributed by atoms with Crippen LogP contribution in [0.25, 0.3) is 22.1 Å². The Morgan fingerprint density at radius 2 is 1.91 bits per heavy atom. The molecule has 2 heterocycles. The first-order chi connectivity index (χ1) is 15.5. The molecule has 158 valence electrons. The number of carbonyl (C=O) groups is 1. The molecule has 3 aromatic carbocycles. The van der Waals surface area contributed by atoms with Gasteiger partial charge in [0.05, 0.1) is 28.2 Å². The lowest BCUT2D eigenvalue weighted by Gasteiger charge is -2.10. The number of methoxy groups -OCH3 is 1. The Morgan fingerprint density at radius 3 is 2.72 bits per heavy atom. The molecule has 0 spiro atoms. The number of fused-ring (bicyclic) bond motifs is 3. The Bertz CT molecular complexity index is 1610. The van der Waals surface area contributed by atoms with Crippen molar-refractivity contribution in [2.75, 3.05) is 7.11 Å². The Morgan fingerprint density at radius 1 is 1.06 bits per heavy atom. The fourth-order valence-electron chi connectivity index (χ4n) is 3.40. The predicted octanol–water partition coefficient (Wildman–Crippen LogP) is 3.82. The third-order valence-electron chi connectivity index (χ3n) is 4.89. The van der Waals surface area contributed by atoms with Gasteiger partial charge in [0.2, 0.25) is 0 Å². The lowest BCUT2D eigenvalue weighted by molar-refractivity contribution is 0.0729. The molecular weight excluding hydrogens is 431 g/mol. The number of halogens is 1. The topological polar surface area (TPSA) is 69.9 Å². The SMILES string of the molecule is COc1cc(/C=c2\sc3nc4ccccc4n3c2=O)ccc1OC(=O)c1cccc(F)c1. The largest absolute Gasteiger partial charge is 0.493 e. The van der Waals surface area contributed by atoms with E-state index in [1.807, 2.05) is 24.3 Å².